The van der Waals surface area contributed by atoms with Crippen LogP contribution in [0.2, 0.25) is 0 Å². The first-order valence-electron chi connectivity index (χ1n) is 7.26. The van der Waals surface area contributed by atoms with Gasteiger partial charge in [-0.25, -0.2) is 0 Å². The molecule has 3 atom stereocenters. The lowest BCUT2D eigenvalue weighted by molar-refractivity contribution is 0.0220. The van der Waals surface area contributed by atoms with Gasteiger partial charge in [-0.3, -0.25) is 0 Å². The second kappa shape index (κ2) is 6.72. The van der Waals surface area contributed by atoms with Crippen LogP contribution in [0.3, 0.4) is 0 Å². The summed E-state index contributed by atoms with van der Waals surface area (Å²) in [5, 5.41) is 3.50. The Morgan fingerprint density at radius 3 is 2.65 bits per heavy atom. The molecule has 0 radical (unpaired) electrons. The molecule has 3 heteroatoms. The van der Waals surface area contributed by atoms with Gasteiger partial charge >= 0.3 is 0 Å². The molecule has 0 amide bonds. The van der Waals surface area contributed by atoms with Crippen molar-refractivity contribution in [1.29, 1.82) is 0 Å². The topological polar surface area (TPSA) is 24.5 Å². The second-order valence-electron chi connectivity index (χ2n) is 5.68. The Balaban J connectivity index is 1.86. The van der Waals surface area contributed by atoms with Gasteiger partial charge in [-0.1, -0.05) is 0 Å². The first kappa shape index (κ1) is 13.3. The zero-order valence-corrected chi connectivity index (χ0v) is 11.5. The Labute approximate surface area is 106 Å². The van der Waals surface area contributed by atoms with Crippen LogP contribution in [0.25, 0.3) is 0 Å². The van der Waals surface area contributed by atoms with Crippen LogP contribution in [0.5, 0.6) is 0 Å². The maximum atomic E-state index is 5.54. The van der Waals surface area contributed by atoms with E-state index in [4.69, 9.17) is 4.74 Å². The molecule has 1 aliphatic carbocycles. The number of methoxy groups -OCH3 is 1. The van der Waals surface area contributed by atoms with E-state index in [0.29, 0.717) is 6.10 Å². The van der Waals surface area contributed by atoms with E-state index in [1.807, 2.05) is 7.11 Å². The van der Waals surface area contributed by atoms with Crippen LogP contribution < -0.4 is 5.32 Å². The van der Waals surface area contributed by atoms with Crippen molar-refractivity contribution in [3.8, 4) is 0 Å². The van der Waals surface area contributed by atoms with Crippen LogP contribution in [0, 0.1) is 0 Å². The molecule has 1 N–H and O–H groups in total. The average Bonchev–Trinajstić information content (AvgIpc) is 2.67. The number of hydrogen-bond donors (Lipinski definition) is 1. The smallest absolute Gasteiger partial charge is 0.0586 e. The van der Waals surface area contributed by atoms with Crippen LogP contribution >= 0.6 is 0 Å². The minimum Gasteiger partial charge on any atom is -0.381 e. The highest BCUT2D eigenvalue weighted by molar-refractivity contribution is 4.84. The summed E-state index contributed by atoms with van der Waals surface area (Å²) in [6, 6.07) is 1.53. The van der Waals surface area contributed by atoms with Crippen molar-refractivity contribution >= 4 is 0 Å². The van der Waals surface area contributed by atoms with Crippen LogP contribution in [-0.4, -0.2) is 50.3 Å². The van der Waals surface area contributed by atoms with E-state index >= 15 is 0 Å². The van der Waals surface area contributed by atoms with Crippen LogP contribution in [0.1, 0.15) is 44.9 Å². The first-order valence-corrected chi connectivity index (χ1v) is 7.26. The van der Waals surface area contributed by atoms with Gasteiger partial charge in [0.1, 0.15) is 0 Å². The molecule has 2 aliphatic rings. The predicted molar refractivity (Wildman–Crippen MR) is 71.3 cm³/mol. The SMILES string of the molecule is COC1CCCC(N(C)C2CCCNCC2)C1. The van der Waals surface area contributed by atoms with Gasteiger partial charge < -0.3 is 15.0 Å². The molecular weight excluding hydrogens is 212 g/mol. The van der Waals surface area contributed by atoms with Crippen molar-refractivity contribution < 1.29 is 4.74 Å². The van der Waals surface area contributed by atoms with Gasteiger partial charge in [0.15, 0.2) is 0 Å². The molecule has 1 heterocycles. The van der Waals surface area contributed by atoms with E-state index in [1.165, 1.54) is 58.0 Å². The number of nitrogens with zero attached hydrogens (tertiary/aromatic N) is 1. The molecule has 100 valence electrons. The third-order valence-corrected chi connectivity index (χ3v) is 4.63. The molecule has 3 nitrogen and oxygen atoms in total. The molecule has 1 aliphatic heterocycles. The summed E-state index contributed by atoms with van der Waals surface area (Å²) in [7, 11) is 4.20. The van der Waals surface area contributed by atoms with Gasteiger partial charge in [-0.15, -0.1) is 0 Å². The highest BCUT2D eigenvalue weighted by atomic mass is 16.5. The third-order valence-electron chi connectivity index (χ3n) is 4.63. The predicted octanol–water partition coefficient (Wildman–Crippen LogP) is 2.02. The van der Waals surface area contributed by atoms with Gasteiger partial charge in [-0.2, -0.15) is 0 Å². The van der Waals surface area contributed by atoms with E-state index in [9.17, 15) is 0 Å². The molecule has 0 aromatic heterocycles. The van der Waals surface area contributed by atoms with Crippen molar-refractivity contribution in [2.75, 3.05) is 27.2 Å². The van der Waals surface area contributed by atoms with Crippen LogP contribution in [0.15, 0.2) is 0 Å². The molecule has 2 fully saturated rings. The summed E-state index contributed by atoms with van der Waals surface area (Å²) < 4.78 is 5.54. The lowest BCUT2D eigenvalue weighted by atomic mass is 9.90. The fourth-order valence-corrected chi connectivity index (χ4v) is 3.41. The Morgan fingerprint density at radius 2 is 1.82 bits per heavy atom. The fraction of sp³-hybridized carbons (Fsp3) is 1.00. The van der Waals surface area contributed by atoms with Gasteiger partial charge in [0, 0.05) is 19.2 Å². The summed E-state index contributed by atoms with van der Waals surface area (Å²) in [4.78, 5) is 2.65. The number of ether oxygens (including phenoxy) is 1. The maximum Gasteiger partial charge on any atom is 0.0586 e. The van der Waals surface area contributed by atoms with Gasteiger partial charge in [-0.05, 0) is 65.1 Å². The fourth-order valence-electron chi connectivity index (χ4n) is 3.41. The van der Waals surface area contributed by atoms with Crippen molar-refractivity contribution in [2.45, 2.75) is 63.1 Å². The van der Waals surface area contributed by atoms with Gasteiger partial charge in [0.05, 0.1) is 6.10 Å². The normalized spacial score (nSPS) is 35.8. The van der Waals surface area contributed by atoms with Crippen molar-refractivity contribution in [3.63, 3.8) is 0 Å². The Hall–Kier alpha value is -0.120. The molecule has 3 unspecified atom stereocenters. The van der Waals surface area contributed by atoms with Gasteiger partial charge in [0.25, 0.3) is 0 Å². The van der Waals surface area contributed by atoms with E-state index in [-0.39, 0.29) is 0 Å². The Bertz CT molecular complexity index is 214. The number of rotatable bonds is 3. The van der Waals surface area contributed by atoms with Crippen LogP contribution in [0.4, 0.5) is 0 Å². The molecular formula is C14H28N2O. The van der Waals surface area contributed by atoms with Crippen LogP contribution in [-0.2, 0) is 4.74 Å². The molecule has 2 rings (SSSR count). The zero-order chi connectivity index (χ0) is 12.1. The highest BCUT2D eigenvalue weighted by Crippen LogP contribution is 2.27. The summed E-state index contributed by atoms with van der Waals surface area (Å²) in [5.41, 5.74) is 0. The monoisotopic (exact) mass is 240 g/mol. The molecule has 1 saturated heterocycles. The molecule has 0 aromatic carbocycles. The minimum absolute atomic E-state index is 0.500. The second-order valence-corrected chi connectivity index (χ2v) is 5.68. The molecule has 1 saturated carbocycles. The van der Waals surface area contributed by atoms with E-state index in [1.54, 1.807) is 0 Å². The number of nitrogens with one attached hydrogen (secondary N) is 1. The van der Waals surface area contributed by atoms with E-state index in [2.05, 4.69) is 17.3 Å². The van der Waals surface area contributed by atoms with Gasteiger partial charge in [0.2, 0.25) is 0 Å². The summed E-state index contributed by atoms with van der Waals surface area (Å²) >= 11 is 0. The summed E-state index contributed by atoms with van der Waals surface area (Å²) in [6.45, 7) is 2.39. The third kappa shape index (κ3) is 3.67. The average molecular weight is 240 g/mol. The maximum absolute atomic E-state index is 5.54. The largest absolute Gasteiger partial charge is 0.381 e. The lowest BCUT2D eigenvalue weighted by Gasteiger charge is -2.39. The Kier molecular flexibility index (Phi) is 5.26. The highest BCUT2D eigenvalue weighted by Gasteiger charge is 2.28. The summed E-state index contributed by atoms with van der Waals surface area (Å²) in [6.07, 6.45) is 9.68. The zero-order valence-electron chi connectivity index (χ0n) is 11.5. The quantitative estimate of drug-likeness (QED) is 0.817. The number of hydrogen-bond acceptors (Lipinski definition) is 3. The minimum atomic E-state index is 0.500. The standard InChI is InChI=1S/C14H28N2O/c1-16(12-6-4-9-15-10-8-12)13-5-3-7-14(11-13)17-2/h12-15H,3-11H2,1-2H3. The lowest BCUT2D eigenvalue weighted by Crippen LogP contribution is -2.44. The van der Waals surface area contributed by atoms with Crippen molar-refractivity contribution in [3.05, 3.63) is 0 Å². The van der Waals surface area contributed by atoms with E-state index < -0.39 is 0 Å². The van der Waals surface area contributed by atoms with Crippen molar-refractivity contribution in [2.24, 2.45) is 0 Å². The molecule has 17 heavy (non-hydrogen) atoms. The molecule has 0 bridgehead atoms. The first-order chi connectivity index (χ1) is 8.31. The molecule has 0 spiro atoms. The molecule has 0 aromatic rings. The Morgan fingerprint density at radius 1 is 1.00 bits per heavy atom. The summed E-state index contributed by atoms with van der Waals surface area (Å²) in [5.74, 6) is 0. The van der Waals surface area contributed by atoms with E-state index in [0.717, 1.165) is 12.1 Å². The van der Waals surface area contributed by atoms with Crippen molar-refractivity contribution in [1.82, 2.24) is 10.2 Å².